The number of thiophene rings is 1. The Hall–Kier alpha value is -2.97. The number of rotatable bonds is 7. The van der Waals surface area contributed by atoms with Gasteiger partial charge in [-0.15, -0.1) is 11.3 Å². The molecule has 0 unspecified atom stereocenters. The van der Waals surface area contributed by atoms with Gasteiger partial charge >= 0.3 is 5.97 Å². The van der Waals surface area contributed by atoms with Crippen molar-refractivity contribution in [3.8, 4) is 5.75 Å². The Labute approximate surface area is 164 Å². The molecule has 2 aromatic carbocycles. The number of halogens is 1. The summed E-state index contributed by atoms with van der Waals surface area (Å²) in [6.45, 7) is -0.416. The topological polar surface area (TPSA) is 73.9 Å². The van der Waals surface area contributed by atoms with Gasteiger partial charge in [0.1, 0.15) is 16.4 Å². The summed E-state index contributed by atoms with van der Waals surface area (Å²) in [4.78, 5) is 24.8. The highest BCUT2D eigenvalue weighted by atomic mass is 32.1. The number of fused-ring (bicyclic) bond motifs is 1. The molecular formula is C20H18FNO5S. The number of nitrogens with one attached hydrogen (secondary N) is 1. The second-order valence-electron chi connectivity index (χ2n) is 5.81. The Kier molecular flexibility index (Phi) is 6.23. The van der Waals surface area contributed by atoms with Gasteiger partial charge in [0, 0.05) is 34.5 Å². The molecule has 1 heterocycles. The maximum atomic E-state index is 14.2. The molecule has 0 aliphatic heterocycles. The van der Waals surface area contributed by atoms with Crippen LogP contribution in [0.2, 0.25) is 0 Å². The van der Waals surface area contributed by atoms with Crippen molar-refractivity contribution in [2.45, 2.75) is 6.61 Å². The quantitative estimate of drug-likeness (QED) is 0.604. The Morgan fingerprint density at radius 1 is 1.14 bits per heavy atom. The van der Waals surface area contributed by atoms with Crippen LogP contribution < -0.4 is 10.1 Å². The summed E-state index contributed by atoms with van der Waals surface area (Å²) in [6, 6.07) is 11.4. The van der Waals surface area contributed by atoms with E-state index in [1.54, 1.807) is 36.4 Å². The van der Waals surface area contributed by atoms with E-state index in [4.69, 9.17) is 14.2 Å². The first kappa shape index (κ1) is 19.8. The minimum absolute atomic E-state index is 0.0569. The fraction of sp³-hybridized carbons (Fsp3) is 0.200. The Morgan fingerprint density at radius 2 is 1.93 bits per heavy atom. The summed E-state index contributed by atoms with van der Waals surface area (Å²) in [5, 5.41) is 2.96. The molecule has 0 atom stereocenters. The maximum Gasteiger partial charge on any atom is 0.349 e. The van der Waals surface area contributed by atoms with E-state index in [9.17, 15) is 14.0 Å². The van der Waals surface area contributed by atoms with E-state index in [2.05, 4.69) is 5.32 Å². The van der Waals surface area contributed by atoms with Crippen LogP contribution in [-0.4, -0.2) is 32.7 Å². The highest BCUT2D eigenvalue weighted by Gasteiger charge is 2.22. The molecule has 0 bridgehead atoms. The number of esters is 1. The highest BCUT2D eigenvalue weighted by Crippen LogP contribution is 2.34. The van der Waals surface area contributed by atoms with Crippen molar-refractivity contribution >= 4 is 39.0 Å². The van der Waals surface area contributed by atoms with Crippen molar-refractivity contribution in [1.29, 1.82) is 0 Å². The van der Waals surface area contributed by atoms with E-state index in [1.165, 1.54) is 20.3 Å². The summed E-state index contributed by atoms with van der Waals surface area (Å²) >= 11 is 1.10. The molecule has 1 aromatic heterocycles. The van der Waals surface area contributed by atoms with E-state index in [0.717, 1.165) is 11.3 Å². The molecule has 6 nitrogen and oxygen atoms in total. The smallest absolute Gasteiger partial charge is 0.349 e. The number of amides is 1. The van der Waals surface area contributed by atoms with E-state index in [-0.39, 0.29) is 11.5 Å². The Balaban J connectivity index is 1.71. The van der Waals surface area contributed by atoms with Crippen LogP contribution in [0.4, 0.5) is 10.1 Å². The van der Waals surface area contributed by atoms with Crippen molar-refractivity contribution in [2.75, 3.05) is 26.1 Å². The lowest BCUT2D eigenvalue weighted by Crippen LogP contribution is -2.21. The summed E-state index contributed by atoms with van der Waals surface area (Å²) in [7, 11) is 2.98. The number of anilines is 1. The third-order valence-corrected chi connectivity index (χ3v) is 5.10. The first-order valence-electron chi connectivity index (χ1n) is 8.33. The summed E-state index contributed by atoms with van der Waals surface area (Å²) < 4.78 is 30.1. The molecule has 0 radical (unpaired) electrons. The molecule has 0 spiro atoms. The molecule has 0 aliphatic carbocycles. The third kappa shape index (κ3) is 4.29. The molecule has 0 aliphatic rings. The predicted octanol–water partition coefficient (Wildman–Crippen LogP) is 3.99. The Bertz CT molecular complexity index is 1020. The standard InChI is InChI=1S/C20H18FNO5S/c1-25-10-14-18-15(21)7-4-8-16(18)28-19(14)20(24)27-11-17(23)22-12-5-3-6-13(9-12)26-2/h3-9H,10-11H2,1-2H3,(H,22,23). The minimum atomic E-state index is -0.701. The second kappa shape index (κ2) is 8.81. The fourth-order valence-corrected chi connectivity index (χ4v) is 3.82. The Morgan fingerprint density at radius 3 is 2.68 bits per heavy atom. The predicted molar refractivity (Wildman–Crippen MR) is 104 cm³/mol. The zero-order valence-corrected chi connectivity index (χ0v) is 16.1. The normalized spacial score (nSPS) is 10.7. The van der Waals surface area contributed by atoms with Crippen LogP contribution in [0.3, 0.4) is 0 Å². The van der Waals surface area contributed by atoms with Gasteiger partial charge in [0.15, 0.2) is 6.61 Å². The molecule has 1 N–H and O–H groups in total. The molecule has 0 saturated carbocycles. The van der Waals surface area contributed by atoms with E-state index < -0.39 is 24.3 Å². The van der Waals surface area contributed by atoms with Crippen molar-refractivity contribution in [1.82, 2.24) is 0 Å². The van der Waals surface area contributed by atoms with Crippen LogP contribution in [-0.2, 0) is 20.9 Å². The van der Waals surface area contributed by atoms with Gasteiger partial charge in [0.2, 0.25) is 0 Å². The number of methoxy groups -OCH3 is 2. The number of carbonyl (C=O) groups is 2. The zero-order valence-electron chi connectivity index (χ0n) is 15.3. The van der Waals surface area contributed by atoms with Crippen molar-refractivity contribution in [2.24, 2.45) is 0 Å². The molecule has 0 saturated heterocycles. The molecule has 28 heavy (non-hydrogen) atoms. The van der Waals surface area contributed by atoms with Crippen molar-refractivity contribution in [3.63, 3.8) is 0 Å². The fourth-order valence-electron chi connectivity index (χ4n) is 2.71. The van der Waals surface area contributed by atoms with Crippen LogP contribution in [0.25, 0.3) is 10.1 Å². The number of ether oxygens (including phenoxy) is 3. The molecular weight excluding hydrogens is 385 g/mol. The summed E-state index contributed by atoms with van der Waals surface area (Å²) in [5.41, 5.74) is 0.934. The van der Waals surface area contributed by atoms with E-state index in [1.807, 2.05) is 0 Å². The van der Waals surface area contributed by atoms with Gasteiger partial charge in [-0.3, -0.25) is 4.79 Å². The van der Waals surface area contributed by atoms with Gasteiger partial charge in [0.25, 0.3) is 5.91 Å². The van der Waals surface area contributed by atoms with E-state index >= 15 is 0 Å². The van der Waals surface area contributed by atoms with Gasteiger partial charge in [-0.05, 0) is 24.3 Å². The molecule has 0 fully saturated rings. The van der Waals surface area contributed by atoms with Crippen molar-refractivity contribution in [3.05, 3.63) is 58.7 Å². The number of hydrogen-bond donors (Lipinski definition) is 1. The lowest BCUT2D eigenvalue weighted by molar-refractivity contribution is -0.119. The molecule has 8 heteroatoms. The molecule has 146 valence electrons. The summed E-state index contributed by atoms with van der Waals surface area (Å²) in [6.07, 6.45) is 0. The van der Waals surface area contributed by atoms with Gasteiger partial charge in [-0.25, -0.2) is 9.18 Å². The minimum Gasteiger partial charge on any atom is -0.497 e. The number of carbonyl (C=O) groups excluding carboxylic acids is 2. The maximum absolute atomic E-state index is 14.2. The molecule has 1 amide bonds. The van der Waals surface area contributed by atoms with Gasteiger partial charge in [-0.1, -0.05) is 12.1 Å². The van der Waals surface area contributed by atoms with Gasteiger partial charge < -0.3 is 19.5 Å². The zero-order chi connectivity index (χ0) is 20.1. The van der Waals surface area contributed by atoms with Gasteiger partial charge in [-0.2, -0.15) is 0 Å². The van der Waals surface area contributed by atoms with E-state index in [0.29, 0.717) is 27.1 Å². The lowest BCUT2D eigenvalue weighted by Gasteiger charge is -2.08. The average Bonchev–Trinajstić information content (AvgIpc) is 3.06. The van der Waals surface area contributed by atoms with Crippen LogP contribution in [0.1, 0.15) is 15.2 Å². The SMILES string of the molecule is COCc1c(C(=O)OCC(=O)Nc2cccc(OC)c2)sc2cccc(F)c12. The van der Waals surface area contributed by atoms with Crippen LogP contribution >= 0.6 is 11.3 Å². The van der Waals surface area contributed by atoms with Crippen LogP contribution in [0.5, 0.6) is 5.75 Å². The molecule has 3 rings (SSSR count). The average molecular weight is 403 g/mol. The lowest BCUT2D eigenvalue weighted by atomic mass is 10.1. The van der Waals surface area contributed by atoms with Crippen molar-refractivity contribution < 1.29 is 28.2 Å². The highest BCUT2D eigenvalue weighted by molar-refractivity contribution is 7.21. The number of benzene rings is 2. The third-order valence-electron chi connectivity index (χ3n) is 3.93. The first-order chi connectivity index (χ1) is 13.5. The van der Waals surface area contributed by atoms with Crippen LogP contribution in [0.15, 0.2) is 42.5 Å². The summed E-state index contributed by atoms with van der Waals surface area (Å²) in [5.74, 6) is -1.04. The first-order valence-corrected chi connectivity index (χ1v) is 9.15. The monoisotopic (exact) mass is 403 g/mol. The largest absolute Gasteiger partial charge is 0.497 e. The molecule has 3 aromatic rings. The second-order valence-corrected chi connectivity index (χ2v) is 6.86. The number of hydrogen-bond acceptors (Lipinski definition) is 6. The van der Waals surface area contributed by atoms with Gasteiger partial charge in [0.05, 0.1) is 13.7 Å². The van der Waals surface area contributed by atoms with Crippen LogP contribution in [0, 0.1) is 5.82 Å².